The van der Waals surface area contributed by atoms with Crippen LogP contribution in [0.2, 0.25) is 0 Å². The summed E-state index contributed by atoms with van der Waals surface area (Å²) >= 11 is 0. The monoisotopic (exact) mass is 373 g/mol. The topological polar surface area (TPSA) is 53.9 Å². The number of aryl methyl sites for hydroxylation is 1. The highest BCUT2D eigenvalue weighted by molar-refractivity contribution is 5.60. The van der Waals surface area contributed by atoms with Gasteiger partial charge in [0.1, 0.15) is 0 Å². The van der Waals surface area contributed by atoms with Crippen molar-refractivity contribution in [2.45, 2.75) is 32.6 Å². The zero-order valence-electron chi connectivity index (χ0n) is 16.4. The highest BCUT2D eigenvalue weighted by Gasteiger charge is 2.21. The number of piperidine rings is 1. The number of rotatable bonds is 6. The third-order valence-electron chi connectivity index (χ3n) is 5.47. The summed E-state index contributed by atoms with van der Waals surface area (Å²) in [5.74, 6) is 2.19. The molecule has 2 heterocycles. The number of nitrogens with zero attached hydrogens (tertiary/aromatic N) is 4. The van der Waals surface area contributed by atoms with Crippen molar-refractivity contribution < 1.29 is 0 Å². The molecule has 28 heavy (non-hydrogen) atoms. The van der Waals surface area contributed by atoms with E-state index in [1.165, 1.54) is 11.1 Å². The highest BCUT2D eigenvalue weighted by Crippen LogP contribution is 2.25. The summed E-state index contributed by atoms with van der Waals surface area (Å²) in [6, 6.07) is 19.1. The lowest BCUT2D eigenvalue weighted by Gasteiger charge is -2.31. The van der Waals surface area contributed by atoms with Crippen LogP contribution in [0.25, 0.3) is 0 Å². The summed E-state index contributed by atoms with van der Waals surface area (Å²) in [5, 5.41) is 11.9. The molecule has 4 rings (SSSR count). The van der Waals surface area contributed by atoms with Gasteiger partial charge in [0.2, 0.25) is 5.95 Å². The Morgan fingerprint density at radius 1 is 1.00 bits per heavy atom. The van der Waals surface area contributed by atoms with Gasteiger partial charge in [-0.3, -0.25) is 0 Å². The van der Waals surface area contributed by atoms with E-state index in [-0.39, 0.29) is 0 Å². The summed E-state index contributed by atoms with van der Waals surface area (Å²) < 4.78 is 0. The van der Waals surface area contributed by atoms with Crippen molar-refractivity contribution in [3.8, 4) is 0 Å². The van der Waals surface area contributed by atoms with E-state index in [2.05, 4.69) is 75.9 Å². The number of para-hydroxylation sites is 1. The molecule has 0 amide bonds. The lowest BCUT2D eigenvalue weighted by molar-refractivity contribution is 0.400. The van der Waals surface area contributed by atoms with Gasteiger partial charge in [-0.15, -0.1) is 5.10 Å². The predicted molar refractivity (Wildman–Crippen MR) is 114 cm³/mol. The summed E-state index contributed by atoms with van der Waals surface area (Å²) in [7, 11) is 0. The third kappa shape index (κ3) is 4.47. The van der Waals surface area contributed by atoms with Gasteiger partial charge < -0.3 is 10.2 Å². The molecule has 2 aromatic carbocycles. The van der Waals surface area contributed by atoms with Crippen LogP contribution in [0.3, 0.4) is 0 Å². The Morgan fingerprint density at radius 2 is 1.75 bits per heavy atom. The molecule has 1 aromatic heterocycles. The minimum absolute atomic E-state index is 0.720. The molecule has 0 radical (unpaired) electrons. The van der Waals surface area contributed by atoms with Crippen LogP contribution in [0.15, 0.2) is 60.8 Å². The first-order chi connectivity index (χ1) is 13.8. The Kier molecular flexibility index (Phi) is 5.80. The normalized spacial score (nSPS) is 14.8. The number of hydrogen-bond acceptors (Lipinski definition) is 5. The van der Waals surface area contributed by atoms with Crippen LogP contribution in [0.1, 0.15) is 30.9 Å². The third-order valence-corrected chi connectivity index (χ3v) is 5.47. The van der Waals surface area contributed by atoms with Crippen molar-refractivity contribution in [2.24, 2.45) is 5.92 Å². The molecular weight excluding hydrogens is 346 g/mol. The van der Waals surface area contributed by atoms with E-state index in [0.717, 1.165) is 62.1 Å². The van der Waals surface area contributed by atoms with Crippen molar-refractivity contribution in [2.75, 3.05) is 23.3 Å². The molecule has 5 nitrogen and oxygen atoms in total. The minimum atomic E-state index is 0.720. The molecule has 1 saturated heterocycles. The van der Waals surface area contributed by atoms with E-state index in [1.807, 2.05) is 6.07 Å². The van der Waals surface area contributed by atoms with Gasteiger partial charge in [-0.2, -0.15) is 10.1 Å². The SMILES string of the molecule is CCc1ccccc1Nc1cnnc(N2CCC(Cc3ccccc3)CC2)n1. The first kappa shape index (κ1) is 18.4. The fourth-order valence-electron chi connectivity index (χ4n) is 3.86. The molecule has 0 unspecified atom stereocenters. The largest absolute Gasteiger partial charge is 0.339 e. The molecule has 1 aliphatic rings. The van der Waals surface area contributed by atoms with E-state index in [4.69, 9.17) is 4.98 Å². The molecular formula is C23H27N5. The van der Waals surface area contributed by atoms with Crippen molar-refractivity contribution in [3.63, 3.8) is 0 Å². The maximum Gasteiger partial charge on any atom is 0.247 e. The van der Waals surface area contributed by atoms with E-state index in [9.17, 15) is 0 Å². The molecule has 1 aliphatic heterocycles. The molecule has 144 valence electrons. The molecule has 1 N–H and O–H groups in total. The number of hydrogen-bond donors (Lipinski definition) is 1. The Balaban J connectivity index is 1.38. The summed E-state index contributed by atoms with van der Waals surface area (Å²) in [5.41, 5.74) is 3.78. The smallest absolute Gasteiger partial charge is 0.247 e. The average Bonchev–Trinajstić information content (AvgIpc) is 2.76. The highest BCUT2D eigenvalue weighted by atomic mass is 15.3. The maximum absolute atomic E-state index is 4.72. The molecule has 0 aliphatic carbocycles. The Hall–Kier alpha value is -2.95. The second-order valence-electron chi connectivity index (χ2n) is 7.40. The quantitative estimate of drug-likeness (QED) is 0.682. The molecule has 0 atom stereocenters. The van der Waals surface area contributed by atoms with Crippen molar-refractivity contribution >= 4 is 17.5 Å². The summed E-state index contributed by atoms with van der Waals surface area (Å²) in [6.07, 6.45) is 6.15. The minimum Gasteiger partial charge on any atom is -0.339 e. The van der Waals surface area contributed by atoms with Crippen LogP contribution in [-0.4, -0.2) is 28.3 Å². The van der Waals surface area contributed by atoms with Crippen molar-refractivity contribution in [1.82, 2.24) is 15.2 Å². The lowest BCUT2D eigenvalue weighted by Crippen LogP contribution is -2.35. The molecule has 0 saturated carbocycles. The van der Waals surface area contributed by atoms with E-state index in [1.54, 1.807) is 6.20 Å². The van der Waals surface area contributed by atoms with Crippen LogP contribution in [0.4, 0.5) is 17.5 Å². The standard InChI is InChI=1S/C23H27N5/c1-2-20-10-6-7-11-21(20)25-22-17-24-27-23(26-22)28-14-12-19(13-15-28)16-18-8-4-3-5-9-18/h3-11,17,19H,2,12-16H2,1H3,(H,25,26,27). The van der Waals surface area contributed by atoms with E-state index >= 15 is 0 Å². The van der Waals surface area contributed by atoms with Crippen molar-refractivity contribution in [3.05, 3.63) is 71.9 Å². The Labute approximate surface area is 166 Å². The fraction of sp³-hybridized carbons (Fsp3) is 0.348. The zero-order chi connectivity index (χ0) is 19.2. The van der Waals surface area contributed by atoms with Gasteiger partial charge in [0, 0.05) is 18.8 Å². The van der Waals surface area contributed by atoms with Gasteiger partial charge in [-0.25, -0.2) is 0 Å². The van der Waals surface area contributed by atoms with Gasteiger partial charge in [-0.05, 0) is 48.8 Å². The van der Waals surface area contributed by atoms with E-state index < -0.39 is 0 Å². The summed E-state index contributed by atoms with van der Waals surface area (Å²) in [4.78, 5) is 6.97. The Morgan fingerprint density at radius 3 is 2.54 bits per heavy atom. The van der Waals surface area contributed by atoms with Gasteiger partial charge in [0.15, 0.2) is 5.82 Å². The number of anilines is 3. The van der Waals surface area contributed by atoms with Crippen LogP contribution < -0.4 is 10.2 Å². The second-order valence-corrected chi connectivity index (χ2v) is 7.40. The zero-order valence-corrected chi connectivity index (χ0v) is 16.4. The maximum atomic E-state index is 4.72. The Bertz CT molecular complexity index is 888. The van der Waals surface area contributed by atoms with Crippen molar-refractivity contribution in [1.29, 1.82) is 0 Å². The number of aromatic nitrogens is 3. The van der Waals surface area contributed by atoms with Crippen LogP contribution in [-0.2, 0) is 12.8 Å². The fourth-order valence-corrected chi connectivity index (χ4v) is 3.86. The molecule has 1 fully saturated rings. The molecule has 0 bridgehead atoms. The van der Waals surface area contributed by atoms with E-state index in [0.29, 0.717) is 0 Å². The van der Waals surface area contributed by atoms with Gasteiger partial charge >= 0.3 is 0 Å². The molecule has 0 spiro atoms. The van der Waals surface area contributed by atoms with Gasteiger partial charge in [0.05, 0.1) is 6.20 Å². The lowest BCUT2D eigenvalue weighted by atomic mass is 9.90. The van der Waals surface area contributed by atoms with Crippen LogP contribution in [0.5, 0.6) is 0 Å². The second kappa shape index (κ2) is 8.83. The molecule has 3 aromatic rings. The first-order valence-corrected chi connectivity index (χ1v) is 10.2. The van der Waals surface area contributed by atoms with Gasteiger partial charge in [-0.1, -0.05) is 55.5 Å². The van der Waals surface area contributed by atoms with Gasteiger partial charge in [0.25, 0.3) is 0 Å². The number of nitrogens with one attached hydrogen (secondary N) is 1. The molecule has 5 heteroatoms. The first-order valence-electron chi connectivity index (χ1n) is 10.2. The predicted octanol–water partition coefficient (Wildman–Crippen LogP) is 4.64. The van der Waals surface area contributed by atoms with Crippen LogP contribution >= 0.6 is 0 Å². The number of benzene rings is 2. The average molecular weight is 374 g/mol. The van der Waals surface area contributed by atoms with Crippen LogP contribution in [0, 0.1) is 5.92 Å². The summed E-state index contributed by atoms with van der Waals surface area (Å²) in [6.45, 7) is 4.12.